The fourth-order valence-electron chi connectivity index (χ4n) is 4.04. The molecule has 0 aromatic heterocycles. The van der Waals surface area contributed by atoms with Crippen LogP contribution in [0.15, 0.2) is 0 Å². The molecule has 3 fully saturated rings. The first-order chi connectivity index (χ1) is 10.0. The zero-order valence-corrected chi connectivity index (χ0v) is 13.4. The van der Waals surface area contributed by atoms with E-state index in [9.17, 15) is 4.79 Å². The largest absolute Gasteiger partial charge is 0.468 e. The highest BCUT2D eigenvalue weighted by Gasteiger charge is 2.53. The first-order valence-corrected chi connectivity index (χ1v) is 8.27. The van der Waals surface area contributed by atoms with Crippen LogP contribution in [0.2, 0.25) is 0 Å². The number of hydrogen-bond acceptors (Lipinski definition) is 5. The quantitative estimate of drug-likeness (QED) is 0.746. The zero-order valence-electron chi connectivity index (χ0n) is 13.4. The fraction of sp³-hybridized carbons (Fsp3) is 0.938. The summed E-state index contributed by atoms with van der Waals surface area (Å²) in [4.78, 5) is 15.0. The molecule has 120 valence electrons. The minimum absolute atomic E-state index is 0.0995. The normalized spacial score (nSPS) is 32.2. The molecule has 0 aromatic carbocycles. The molecule has 0 radical (unpaired) electrons. The molecule has 1 saturated carbocycles. The number of likely N-dealkylation sites (tertiary alicyclic amines) is 1. The molecule has 3 unspecified atom stereocenters. The monoisotopic (exact) mass is 296 g/mol. The molecule has 3 rings (SSSR count). The molecule has 2 aliphatic heterocycles. The van der Waals surface area contributed by atoms with Crippen molar-refractivity contribution in [1.29, 1.82) is 0 Å². The van der Waals surface area contributed by atoms with Gasteiger partial charge in [-0.25, -0.2) is 4.79 Å². The number of rotatable bonds is 6. The van der Waals surface area contributed by atoms with Gasteiger partial charge in [-0.2, -0.15) is 0 Å². The number of fused-ring (bicyclic) bond motifs is 2. The predicted molar refractivity (Wildman–Crippen MR) is 80.1 cm³/mol. The second-order valence-electron chi connectivity index (χ2n) is 7.19. The van der Waals surface area contributed by atoms with Gasteiger partial charge in [0.25, 0.3) is 0 Å². The molecule has 0 aromatic rings. The molecule has 2 bridgehead atoms. The summed E-state index contributed by atoms with van der Waals surface area (Å²) in [5.74, 6) is 0.311. The predicted octanol–water partition coefficient (Wildman–Crippen LogP) is 1.17. The van der Waals surface area contributed by atoms with Gasteiger partial charge >= 0.3 is 5.97 Å². The maximum absolute atomic E-state index is 12.6. The van der Waals surface area contributed by atoms with Crippen molar-refractivity contribution in [3.05, 3.63) is 0 Å². The molecule has 21 heavy (non-hydrogen) atoms. The summed E-state index contributed by atoms with van der Waals surface area (Å²) in [5, 5.41) is 3.55. The summed E-state index contributed by atoms with van der Waals surface area (Å²) in [6, 6.07) is 0.266. The zero-order chi connectivity index (χ0) is 15.0. The van der Waals surface area contributed by atoms with Crippen LogP contribution in [0.5, 0.6) is 0 Å². The molecule has 3 atom stereocenters. The van der Waals surface area contributed by atoms with E-state index in [1.165, 1.54) is 7.11 Å². The lowest BCUT2D eigenvalue weighted by Gasteiger charge is -2.41. The molecule has 1 N–H and O–H groups in total. The van der Waals surface area contributed by atoms with E-state index in [2.05, 4.69) is 24.1 Å². The molecule has 5 heteroatoms. The van der Waals surface area contributed by atoms with E-state index in [0.29, 0.717) is 18.1 Å². The molecular formula is C16H28N2O3. The number of carbonyl (C=O) groups is 1. The molecule has 3 aliphatic rings. The Morgan fingerprint density at radius 2 is 1.90 bits per heavy atom. The first kappa shape index (κ1) is 15.3. The number of ether oxygens (including phenoxy) is 2. The van der Waals surface area contributed by atoms with E-state index < -0.39 is 5.54 Å². The van der Waals surface area contributed by atoms with Gasteiger partial charge in [0.1, 0.15) is 5.54 Å². The van der Waals surface area contributed by atoms with Gasteiger partial charge in [0, 0.05) is 25.7 Å². The second-order valence-corrected chi connectivity index (χ2v) is 7.19. The number of methoxy groups -OCH3 is 1. The Kier molecular flexibility index (Phi) is 4.26. The Morgan fingerprint density at radius 1 is 1.29 bits per heavy atom. The van der Waals surface area contributed by atoms with E-state index in [4.69, 9.17) is 9.47 Å². The van der Waals surface area contributed by atoms with Crippen LogP contribution in [0.1, 0.15) is 39.5 Å². The number of nitrogens with one attached hydrogen (secondary N) is 1. The van der Waals surface area contributed by atoms with Crippen LogP contribution in [0.3, 0.4) is 0 Å². The summed E-state index contributed by atoms with van der Waals surface area (Å²) in [7, 11) is 1.50. The van der Waals surface area contributed by atoms with Crippen molar-refractivity contribution in [3.8, 4) is 0 Å². The highest BCUT2D eigenvalue weighted by atomic mass is 16.5. The van der Waals surface area contributed by atoms with Crippen LogP contribution < -0.4 is 5.32 Å². The van der Waals surface area contributed by atoms with E-state index in [1.807, 2.05) is 0 Å². The summed E-state index contributed by atoms with van der Waals surface area (Å²) in [5.41, 5.74) is -0.542. The average molecular weight is 296 g/mol. The van der Waals surface area contributed by atoms with Gasteiger partial charge in [0.05, 0.1) is 19.3 Å². The van der Waals surface area contributed by atoms with Gasteiger partial charge in [-0.05, 0) is 45.4 Å². The molecular weight excluding hydrogens is 268 g/mol. The molecule has 5 nitrogen and oxygen atoms in total. The topological polar surface area (TPSA) is 50.8 Å². The Balaban J connectivity index is 1.76. The standard InChI is InChI=1S/C16H28N2O3/c1-11(2)17-16(12-4-5-12,15(19)20-3)10-18-8-13-6-7-14(9-18)21-13/h11-14,17H,4-10H2,1-3H3. The third kappa shape index (κ3) is 3.10. The Labute approximate surface area is 127 Å². The molecule has 2 heterocycles. The van der Waals surface area contributed by atoms with Crippen molar-refractivity contribution in [2.24, 2.45) is 5.92 Å². The lowest BCUT2D eigenvalue weighted by Crippen LogP contribution is -2.64. The van der Waals surface area contributed by atoms with E-state index in [1.54, 1.807) is 0 Å². The van der Waals surface area contributed by atoms with Crippen LogP contribution in [-0.2, 0) is 14.3 Å². The number of esters is 1. The number of nitrogens with zero attached hydrogens (tertiary/aromatic N) is 1. The van der Waals surface area contributed by atoms with Gasteiger partial charge in [0.15, 0.2) is 0 Å². The van der Waals surface area contributed by atoms with E-state index in [-0.39, 0.29) is 12.0 Å². The van der Waals surface area contributed by atoms with Crippen molar-refractivity contribution in [2.75, 3.05) is 26.7 Å². The van der Waals surface area contributed by atoms with Gasteiger partial charge in [0.2, 0.25) is 0 Å². The third-order valence-corrected chi connectivity index (χ3v) is 4.96. The van der Waals surface area contributed by atoms with E-state index >= 15 is 0 Å². The lowest BCUT2D eigenvalue weighted by molar-refractivity contribution is -0.152. The van der Waals surface area contributed by atoms with Crippen molar-refractivity contribution in [3.63, 3.8) is 0 Å². The summed E-state index contributed by atoms with van der Waals surface area (Å²) in [6.07, 6.45) is 5.27. The van der Waals surface area contributed by atoms with Crippen LogP contribution >= 0.6 is 0 Å². The smallest absolute Gasteiger partial charge is 0.327 e. The Morgan fingerprint density at radius 3 is 2.38 bits per heavy atom. The van der Waals surface area contributed by atoms with Gasteiger partial charge in [-0.3, -0.25) is 10.2 Å². The highest BCUT2D eigenvalue weighted by Crippen LogP contribution is 2.42. The highest BCUT2D eigenvalue weighted by molar-refractivity contribution is 5.82. The number of carbonyl (C=O) groups excluding carboxylic acids is 1. The number of morpholine rings is 1. The molecule has 2 saturated heterocycles. The summed E-state index contributed by atoms with van der Waals surface area (Å²) >= 11 is 0. The minimum atomic E-state index is -0.542. The van der Waals surface area contributed by atoms with Crippen molar-refractivity contribution >= 4 is 5.97 Å². The van der Waals surface area contributed by atoms with Crippen molar-refractivity contribution in [2.45, 2.75) is 63.3 Å². The fourth-order valence-corrected chi connectivity index (χ4v) is 4.04. The van der Waals surface area contributed by atoms with Crippen molar-refractivity contribution < 1.29 is 14.3 Å². The minimum Gasteiger partial charge on any atom is -0.468 e. The van der Waals surface area contributed by atoms with Crippen LogP contribution in [0, 0.1) is 5.92 Å². The Bertz CT molecular complexity index is 385. The average Bonchev–Trinajstić information content (AvgIpc) is 3.23. The molecule has 1 aliphatic carbocycles. The first-order valence-electron chi connectivity index (χ1n) is 8.27. The maximum Gasteiger partial charge on any atom is 0.327 e. The van der Waals surface area contributed by atoms with Crippen molar-refractivity contribution in [1.82, 2.24) is 10.2 Å². The van der Waals surface area contributed by atoms with Gasteiger partial charge < -0.3 is 9.47 Å². The Hall–Kier alpha value is -0.650. The number of hydrogen-bond donors (Lipinski definition) is 1. The van der Waals surface area contributed by atoms with Crippen LogP contribution in [0.4, 0.5) is 0 Å². The SMILES string of the molecule is COC(=O)C(CN1CC2CCC(C1)O2)(NC(C)C)C1CC1. The lowest BCUT2D eigenvalue weighted by atomic mass is 9.90. The van der Waals surface area contributed by atoms with Crippen LogP contribution in [-0.4, -0.2) is 61.4 Å². The van der Waals surface area contributed by atoms with Gasteiger partial charge in [-0.1, -0.05) is 0 Å². The summed E-state index contributed by atoms with van der Waals surface area (Å²) < 4.78 is 11.1. The molecule has 0 spiro atoms. The second kappa shape index (κ2) is 5.86. The van der Waals surface area contributed by atoms with Crippen LogP contribution in [0.25, 0.3) is 0 Å². The third-order valence-electron chi connectivity index (χ3n) is 4.96. The van der Waals surface area contributed by atoms with Gasteiger partial charge in [-0.15, -0.1) is 0 Å². The molecule has 0 amide bonds. The summed E-state index contributed by atoms with van der Waals surface area (Å²) in [6.45, 7) is 6.84. The van der Waals surface area contributed by atoms with E-state index in [0.717, 1.165) is 45.3 Å². The maximum atomic E-state index is 12.6.